The van der Waals surface area contributed by atoms with E-state index < -0.39 is 11.8 Å². The second-order valence-corrected chi connectivity index (χ2v) is 5.95. The van der Waals surface area contributed by atoms with Crippen LogP contribution < -0.4 is 16.2 Å². The van der Waals surface area contributed by atoms with E-state index in [0.717, 1.165) is 4.47 Å². The predicted octanol–water partition coefficient (Wildman–Crippen LogP) is 1.42. The van der Waals surface area contributed by atoms with Gasteiger partial charge in [-0.25, -0.2) is 0 Å². The van der Waals surface area contributed by atoms with E-state index in [-0.39, 0.29) is 18.9 Å². The van der Waals surface area contributed by atoms with Gasteiger partial charge in [-0.3, -0.25) is 25.2 Å². The summed E-state index contributed by atoms with van der Waals surface area (Å²) in [5.74, 6) is -1.08. The van der Waals surface area contributed by atoms with Gasteiger partial charge in [-0.1, -0.05) is 0 Å². The summed E-state index contributed by atoms with van der Waals surface area (Å²) >= 11 is 4.63. The average Bonchev–Trinajstić information content (AvgIpc) is 3.15. The standard InChI is InChI=1S/C13H13BrN4O3S/c14-9-5-10(16-6-9)13(21)18-17-11(19)1-3-15-12(20)8-2-4-22-7-8/h2,4-7,16H,1,3H2,(H,15,20)(H,17,19)(H,18,21). The zero-order chi connectivity index (χ0) is 15.9. The first-order valence-electron chi connectivity index (χ1n) is 6.30. The van der Waals surface area contributed by atoms with Crippen molar-refractivity contribution in [3.63, 3.8) is 0 Å². The minimum atomic E-state index is -0.457. The molecule has 0 aliphatic rings. The van der Waals surface area contributed by atoms with Crippen LogP contribution in [0.25, 0.3) is 0 Å². The van der Waals surface area contributed by atoms with Gasteiger partial charge in [0.2, 0.25) is 5.91 Å². The number of hydrogen-bond donors (Lipinski definition) is 4. The predicted molar refractivity (Wildman–Crippen MR) is 85.4 cm³/mol. The van der Waals surface area contributed by atoms with Gasteiger partial charge in [-0.05, 0) is 33.4 Å². The SMILES string of the molecule is O=C(CCNC(=O)c1ccsc1)NNC(=O)c1cc(Br)c[nH]1. The second-order valence-electron chi connectivity index (χ2n) is 4.25. The molecule has 0 spiro atoms. The molecule has 0 atom stereocenters. The Morgan fingerprint density at radius 3 is 2.68 bits per heavy atom. The largest absolute Gasteiger partial charge is 0.356 e. The van der Waals surface area contributed by atoms with E-state index in [1.54, 1.807) is 29.1 Å². The van der Waals surface area contributed by atoms with Gasteiger partial charge in [-0.15, -0.1) is 0 Å². The lowest BCUT2D eigenvalue weighted by molar-refractivity contribution is -0.121. The minimum Gasteiger partial charge on any atom is -0.356 e. The smallest absolute Gasteiger partial charge is 0.286 e. The number of aromatic amines is 1. The summed E-state index contributed by atoms with van der Waals surface area (Å²) < 4.78 is 0.736. The highest BCUT2D eigenvalue weighted by atomic mass is 79.9. The van der Waals surface area contributed by atoms with E-state index in [2.05, 4.69) is 37.1 Å². The lowest BCUT2D eigenvalue weighted by atomic mass is 10.3. The average molecular weight is 385 g/mol. The number of thiophene rings is 1. The molecule has 2 aromatic heterocycles. The van der Waals surface area contributed by atoms with Crippen molar-refractivity contribution < 1.29 is 14.4 Å². The lowest BCUT2D eigenvalue weighted by Crippen LogP contribution is -2.42. The normalized spacial score (nSPS) is 10.0. The summed E-state index contributed by atoms with van der Waals surface area (Å²) in [6, 6.07) is 3.29. The molecule has 0 saturated carbocycles. The van der Waals surface area contributed by atoms with Crippen LogP contribution >= 0.6 is 27.3 Å². The molecular formula is C13H13BrN4O3S. The third kappa shape index (κ3) is 4.71. The van der Waals surface area contributed by atoms with Gasteiger partial charge in [0.1, 0.15) is 5.69 Å². The first kappa shape index (κ1) is 16.2. The number of H-pyrrole nitrogens is 1. The Hall–Kier alpha value is -2.13. The molecule has 116 valence electrons. The quantitative estimate of drug-likeness (QED) is 0.586. The van der Waals surface area contributed by atoms with E-state index >= 15 is 0 Å². The lowest BCUT2D eigenvalue weighted by Gasteiger charge is -2.07. The van der Waals surface area contributed by atoms with Gasteiger partial charge in [0.25, 0.3) is 11.8 Å². The third-order valence-corrected chi connectivity index (χ3v) is 3.77. The highest BCUT2D eigenvalue weighted by Gasteiger charge is 2.10. The van der Waals surface area contributed by atoms with Crippen molar-refractivity contribution in [2.75, 3.05) is 6.54 Å². The number of rotatable bonds is 5. The van der Waals surface area contributed by atoms with Crippen molar-refractivity contribution >= 4 is 45.0 Å². The monoisotopic (exact) mass is 384 g/mol. The molecular weight excluding hydrogens is 372 g/mol. The molecule has 2 rings (SSSR count). The molecule has 0 aliphatic carbocycles. The van der Waals surface area contributed by atoms with Crippen LogP contribution in [0, 0.1) is 0 Å². The number of halogens is 1. The maximum Gasteiger partial charge on any atom is 0.286 e. The number of carbonyl (C=O) groups is 3. The third-order valence-electron chi connectivity index (χ3n) is 2.63. The first-order valence-corrected chi connectivity index (χ1v) is 8.03. The number of hydrazine groups is 1. The van der Waals surface area contributed by atoms with Crippen LogP contribution in [0.1, 0.15) is 27.3 Å². The first-order chi connectivity index (χ1) is 10.6. The Labute approximate surface area is 138 Å². The summed E-state index contributed by atoms with van der Waals surface area (Å²) in [7, 11) is 0. The van der Waals surface area contributed by atoms with Crippen LogP contribution in [0.4, 0.5) is 0 Å². The second kappa shape index (κ2) is 7.76. The molecule has 0 aliphatic heterocycles. The molecule has 0 saturated heterocycles. The number of hydrogen-bond acceptors (Lipinski definition) is 4. The molecule has 4 N–H and O–H groups in total. The molecule has 3 amide bonds. The highest BCUT2D eigenvalue weighted by Crippen LogP contribution is 2.09. The van der Waals surface area contributed by atoms with E-state index in [0.29, 0.717) is 11.3 Å². The van der Waals surface area contributed by atoms with Gasteiger partial charge < -0.3 is 10.3 Å². The van der Waals surface area contributed by atoms with E-state index in [4.69, 9.17) is 0 Å². The number of aromatic nitrogens is 1. The maximum absolute atomic E-state index is 11.7. The summed E-state index contributed by atoms with van der Waals surface area (Å²) in [4.78, 5) is 37.6. The zero-order valence-electron chi connectivity index (χ0n) is 11.3. The fourth-order valence-electron chi connectivity index (χ4n) is 1.54. The van der Waals surface area contributed by atoms with Crippen LogP contribution in [-0.2, 0) is 4.79 Å². The molecule has 2 aromatic rings. The molecule has 7 nitrogen and oxygen atoms in total. The zero-order valence-corrected chi connectivity index (χ0v) is 13.7. The van der Waals surface area contributed by atoms with Crippen LogP contribution in [0.2, 0.25) is 0 Å². The van der Waals surface area contributed by atoms with Crippen molar-refractivity contribution in [3.05, 3.63) is 44.8 Å². The van der Waals surface area contributed by atoms with Crippen molar-refractivity contribution in [3.8, 4) is 0 Å². The molecule has 2 heterocycles. The van der Waals surface area contributed by atoms with Crippen molar-refractivity contribution in [2.45, 2.75) is 6.42 Å². The Morgan fingerprint density at radius 2 is 2.05 bits per heavy atom. The highest BCUT2D eigenvalue weighted by molar-refractivity contribution is 9.10. The molecule has 22 heavy (non-hydrogen) atoms. The minimum absolute atomic E-state index is 0.0601. The Balaban J connectivity index is 1.66. The molecule has 0 bridgehead atoms. The van der Waals surface area contributed by atoms with Crippen molar-refractivity contribution in [1.82, 2.24) is 21.2 Å². The van der Waals surface area contributed by atoms with E-state index in [1.165, 1.54) is 11.3 Å². The number of amides is 3. The van der Waals surface area contributed by atoms with Crippen LogP contribution in [0.3, 0.4) is 0 Å². The molecule has 0 radical (unpaired) electrons. The Bertz CT molecular complexity index is 669. The number of nitrogens with one attached hydrogen (secondary N) is 4. The van der Waals surface area contributed by atoms with E-state index in [9.17, 15) is 14.4 Å². The van der Waals surface area contributed by atoms with Gasteiger partial charge in [-0.2, -0.15) is 11.3 Å². The summed E-state index contributed by atoms with van der Waals surface area (Å²) in [5, 5.41) is 6.15. The Kier molecular flexibility index (Phi) is 5.73. The van der Waals surface area contributed by atoms with Crippen molar-refractivity contribution in [2.24, 2.45) is 0 Å². The summed E-state index contributed by atoms with van der Waals surface area (Å²) in [6.45, 7) is 0.185. The van der Waals surface area contributed by atoms with Crippen molar-refractivity contribution in [1.29, 1.82) is 0 Å². The van der Waals surface area contributed by atoms with Crippen LogP contribution in [0.15, 0.2) is 33.6 Å². The topological polar surface area (TPSA) is 103 Å². The molecule has 0 unspecified atom stereocenters. The van der Waals surface area contributed by atoms with Crippen LogP contribution in [0.5, 0.6) is 0 Å². The van der Waals surface area contributed by atoms with Crippen LogP contribution in [-0.4, -0.2) is 29.3 Å². The van der Waals surface area contributed by atoms with Gasteiger partial charge in [0.15, 0.2) is 0 Å². The summed E-state index contributed by atoms with van der Waals surface area (Å²) in [5.41, 5.74) is 5.44. The fourth-order valence-corrected chi connectivity index (χ4v) is 2.52. The van der Waals surface area contributed by atoms with E-state index in [1.807, 2.05) is 0 Å². The van der Waals surface area contributed by atoms with Gasteiger partial charge in [0, 0.05) is 34.6 Å². The number of carbonyl (C=O) groups excluding carboxylic acids is 3. The Morgan fingerprint density at radius 1 is 1.23 bits per heavy atom. The fraction of sp³-hybridized carbons (Fsp3) is 0.154. The maximum atomic E-state index is 11.7. The van der Waals surface area contributed by atoms with Gasteiger partial charge in [0.05, 0.1) is 0 Å². The molecule has 0 fully saturated rings. The molecule has 0 aromatic carbocycles. The summed E-state index contributed by atoms with van der Waals surface area (Å²) in [6.07, 6.45) is 1.67. The molecule has 9 heteroatoms. The van der Waals surface area contributed by atoms with Gasteiger partial charge >= 0.3 is 0 Å².